The third kappa shape index (κ3) is 3.63. The zero-order valence-corrected chi connectivity index (χ0v) is 15.9. The van der Waals surface area contributed by atoms with E-state index in [-0.39, 0.29) is 18.5 Å². The lowest BCUT2D eigenvalue weighted by Gasteiger charge is -2.15. The predicted octanol–water partition coefficient (Wildman–Crippen LogP) is 2.25. The topological polar surface area (TPSA) is 73.1 Å². The van der Waals surface area contributed by atoms with Gasteiger partial charge in [-0.2, -0.15) is 0 Å². The van der Waals surface area contributed by atoms with E-state index in [0.717, 1.165) is 27.5 Å². The Balaban J connectivity index is 1.55. The van der Waals surface area contributed by atoms with Gasteiger partial charge in [-0.25, -0.2) is 4.39 Å². The summed E-state index contributed by atoms with van der Waals surface area (Å²) in [6, 6.07) is 11.9. The molecule has 1 aliphatic rings. The van der Waals surface area contributed by atoms with Gasteiger partial charge in [-0.15, -0.1) is 0 Å². The van der Waals surface area contributed by atoms with Gasteiger partial charge in [0.25, 0.3) is 0 Å². The summed E-state index contributed by atoms with van der Waals surface area (Å²) >= 11 is 0. The highest BCUT2D eigenvalue weighted by Crippen LogP contribution is 2.30. The molecule has 2 aromatic carbocycles. The van der Waals surface area contributed by atoms with Gasteiger partial charge in [0.1, 0.15) is 12.4 Å². The molecule has 29 heavy (non-hydrogen) atoms. The van der Waals surface area contributed by atoms with E-state index in [4.69, 9.17) is 0 Å². The fourth-order valence-corrected chi connectivity index (χ4v) is 3.77. The molecule has 1 heterocycles. The Morgan fingerprint density at radius 2 is 1.93 bits per heavy atom. The van der Waals surface area contributed by atoms with E-state index in [0.29, 0.717) is 11.3 Å². The van der Waals surface area contributed by atoms with Gasteiger partial charge in [0, 0.05) is 12.4 Å². The first kappa shape index (κ1) is 18.9. The Bertz CT molecular complexity index is 1210. The third-order valence-electron chi connectivity index (χ3n) is 5.27. The van der Waals surface area contributed by atoms with Crippen molar-refractivity contribution in [2.24, 2.45) is 0 Å². The summed E-state index contributed by atoms with van der Waals surface area (Å²) in [6.45, 7) is 1.47. The van der Waals surface area contributed by atoms with E-state index >= 15 is 0 Å². The number of hydrogen-bond acceptors (Lipinski definition) is 3. The van der Waals surface area contributed by atoms with E-state index in [1.165, 1.54) is 36.2 Å². The van der Waals surface area contributed by atoms with Gasteiger partial charge in [0.05, 0.1) is 11.7 Å². The number of aryl methyl sites for hydroxylation is 2. The molecule has 148 valence electrons. The summed E-state index contributed by atoms with van der Waals surface area (Å²) < 4.78 is 15.7. The third-order valence-corrected chi connectivity index (χ3v) is 5.27. The lowest BCUT2D eigenvalue weighted by molar-refractivity contribution is -0.122. The highest BCUT2D eigenvalue weighted by molar-refractivity contribution is 5.76. The fourth-order valence-electron chi connectivity index (χ4n) is 3.77. The maximum Gasteiger partial charge on any atom is 0.320 e. The van der Waals surface area contributed by atoms with Crippen LogP contribution in [0, 0.1) is 12.7 Å². The Morgan fingerprint density at radius 1 is 1.14 bits per heavy atom. The van der Waals surface area contributed by atoms with E-state index in [1.54, 1.807) is 6.92 Å². The molecule has 1 N–H and O–H groups in total. The summed E-state index contributed by atoms with van der Waals surface area (Å²) in [5, 5.41) is 2.94. The van der Waals surface area contributed by atoms with Crippen LogP contribution in [-0.2, 0) is 17.8 Å². The summed E-state index contributed by atoms with van der Waals surface area (Å²) in [5.74, 6) is -0.842. The first-order valence-corrected chi connectivity index (χ1v) is 9.40. The number of carbonyl (C=O) groups excluding carboxylic acids is 1. The van der Waals surface area contributed by atoms with Crippen molar-refractivity contribution in [3.8, 4) is 5.69 Å². The van der Waals surface area contributed by atoms with Crippen molar-refractivity contribution in [3.05, 3.63) is 98.1 Å². The molecule has 0 saturated heterocycles. The van der Waals surface area contributed by atoms with Gasteiger partial charge >= 0.3 is 11.1 Å². The van der Waals surface area contributed by atoms with Crippen LogP contribution in [-0.4, -0.2) is 15.0 Å². The number of rotatable bonds is 4. The minimum atomic E-state index is -0.835. The zero-order chi connectivity index (χ0) is 20.5. The molecular weight excluding hydrogens is 373 g/mol. The first-order valence-electron chi connectivity index (χ1n) is 9.40. The predicted molar refractivity (Wildman–Crippen MR) is 107 cm³/mol. The number of halogens is 1. The number of hydrogen-bond donors (Lipinski definition) is 1. The van der Waals surface area contributed by atoms with Crippen LogP contribution in [0.4, 0.5) is 4.39 Å². The van der Waals surface area contributed by atoms with Crippen molar-refractivity contribution in [3.63, 3.8) is 0 Å². The average Bonchev–Trinajstić information content (AvgIpc) is 3.11. The molecule has 7 heteroatoms. The SMILES string of the molecule is Cc1ccc(F)cc1-n1ccn(CC(=O)NC2CCc3ccccc32)c(=O)c1=O. The Kier molecular flexibility index (Phi) is 4.88. The molecule has 1 aromatic heterocycles. The number of amides is 1. The zero-order valence-electron chi connectivity index (χ0n) is 15.9. The quantitative estimate of drug-likeness (QED) is 0.691. The number of nitrogens with zero attached hydrogens (tertiary/aromatic N) is 2. The maximum atomic E-state index is 13.6. The Hall–Kier alpha value is -3.48. The molecule has 0 radical (unpaired) electrons. The summed E-state index contributed by atoms with van der Waals surface area (Å²) in [5.41, 5.74) is 1.58. The molecule has 3 aromatic rings. The molecule has 0 fully saturated rings. The van der Waals surface area contributed by atoms with Crippen LogP contribution < -0.4 is 16.4 Å². The molecular formula is C22H20FN3O3. The van der Waals surface area contributed by atoms with Gasteiger partial charge in [-0.1, -0.05) is 30.3 Å². The molecule has 1 aliphatic carbocycles. The highest BCUT2D eigenvalue weighted by atomic mass is 19.1. The highest BCUT2D eigenvalue weighted by Gasteiger charge is 2.23. The number of fused-ring (bicyclic) bond motifs is 1. The van der Waals surface area contributed by atoms with E-state index in [9.17, 15) is 18.8 Å². The first-order chi connectivity index (χ1) is 13.9. The normalized spacial score (nSPS) is 15.2. The molecule has 0 bridgehead atoms. The van der Waals surface area contributed by atoms with Gasteiger partial charge < -0.3 is 5.32 Å². The van der Waals surface area contributed by atoms with Crippen LogP contribution in [0.1, 0.15) is 29.2 Å². The summed E-state index contributed by atoms with van der Waals surface area (Å²) in [4.78, 5) is 37.5. The van der Waals surface area contributed by atoms with Crippen molar-refractivity contribution in [2.45, 2.75) is 32.4 Å². The molecule has 0 saturated carbocycles. The number of benzene rings is 2. The minimum Gasteiger partial charge on any atom is -0.348 e. The van der Waals surface area contributed by atoms with Crippen molar-refractivity contribution in [2.75, 3.05) is 0 Å². The molecule has 1 unspecified atom stereocenters. The van der Waals surface area contributed by atoms with Crippen molar-refractivity contribution in [1.82, 2.24) is 14.5 Å². The van der Waals surface area contributed by atoms with Crippen molar-refractivity contribution >= 4 is 5.91 Å². The average molecular weight is 393 g/mol. The lowest BCUT2D eigenvalue weighted by Crippen LogP contribution is -2.43. The second-order valence-electron chi connectivity index (χ2n) is 7.19. The number of aromatic nitrogens is 2. The van der Waals surface area contributed by atoms with E-state index < -0.39 is 16.9 Å². The lowest BCUT2D eigenvalue weighted by atomic mass is 10.1. The van der Waals surface area contributed by atoms with Crippen LogP contribution in [0.25, 0.3) is 5.69 Å². The molecule has 4 rings (SSSR count). The van der Waals surface area contributed by atoms with Crippen molar-refractivity contribution in [1.29, 1.82) is 0 Å². The second-order valence-corrected chi connectivity index (χ2v) is 7.19. The maximum absolute atomic E-state index is 13.6. The summed E-state index contributed by atoms with van der Waals surface area (Å²) in [6.07, 6.45) is 4.45. The second kappa shape index (κ2) is 7.50. The van der Waals surface area contributed by atoms with Gasteiger partial charge in [0.2, 0.25) is 5.91 Å². The molecule has 0 spiro atoms. The molecule has 1 atom stereocenters. The van der Waals surface area contributed by atoms with Crippen LogP contribution in [0.15, 0.2) is 64.4 Å². The van der Waals surface area contributed by atoms with Crippen LogP contribution in [0.2, 0.25) is 0 Å². The molecule has 6 nitrogen and oxygen atoms in total. The van der Waals surface area contributed by atoms with Crippen LogP contribution in [0.5, 0.6) is 0 Å². The standard InChI is InChI=1S/C22H20FN3O3/c1-14-6-8-16(23)12-19(14)26-11-10-25(21(28)22(26)29)13-20(27)24-18-9-7-15-4-2-3-5-17(15)18/h2-6,8,10-12,18H,7,9,13H2,1H3,(H,24,27). The number of nitrogens with one attached hydrogen (secondary N) is 1. The van der Waals surface area contributed by atoms with E-state index in [2.05, 4.69) is 5.32 Å². The Labute approximate surface area is 166 Å². The fraction of sp³-hybridized carbons (Fsp3) is 0.227. The van der Waals surface area contributed by atoms with Gasteiger partial charge in [-0.05, 0) is 48.6 Å². The van der Waals surface area contributed by atoms with Gasteiger partial charge in [-0.3, -0.25) is 23.5 Å². The molecule has 0 aliphatic heterocycles. The van der Waals surface area contributed by atoms with E-state index in [1.807, 2.05) is 24.3 Å². The minimum absolute atomic E-state index is 0.0929. The largest absolute Gasteiger partial charge is 0.348 e. The smallest absolute Gasteiger partial charge is 0.320 e. The van der Waals surface area contributed by atoms with Crippen LogP contribution in [0.3, 0.4) is 0 Å². The van der Waals surface area contributed by atoms with Crippen molar-refractivity contribution < 1.29 is 9.18 Å². The summed E-state index contributed by atoms with van der Waals surface area (Å²) in [7, 11) is 0. The van der Waals surface area contributed by atoms with Crippen LogP contribution >= 0.6 is 0 Å². The monoisotopic (exact) mass is 393 g/mol. The Morgan fingerprint density at radius 3 is 2.76 bits per heavy atom. The number of carbonyl (C=O) groups is 1. The molecule has 1 amide bonds. The van der Waals surface area contributed by atoms with Gasteiger partial charge in [0.15, 0.2) is 0 Å².